The number of hydrogen-bond donors (Lipinski definition) is 1. The third-order valence-corrected chi connectivity index (χ3v) is 2.80. The molecule has 0 heterocycles. The van der Waals surface area contributed by atoms with Crippen LogP contribution >= 0.6 is 0 Å². The average molecular weight is 206 g/mol. The van der Waals surface area contributed by atoms with E-state index in [0.717, 1.165) is 25.2 Å². The van der Waals surface area contributed by atoms with Crippen molar-refractivity contribution in [2.45, 2.75) is 33.2 Å². The van der Waals surface area contributed by atoms with Gasteiger partial charge in [-0.25, -0.2) is 0 Å². The summed E-state index contributed by atoms with van der Waals surface area (Å²) in [6, 6.07) is 8.80. The Morgan fingerprint density at radius 2 is 1.80 bits per heavy atom. The summed E-state index contributed by atoms with van der Waals surface area (Å²) in [5.41, 5.74) is 7.85. The molecule has 0 saturated heterocycles. The van der Waals surface area contributed by atoms with Gasteiger partial charge >= 0.3 is 0 Å². The molecule has 1 aromatic rings. The fourth-order valence-electron chi connectivity index (χ4n) is 1.74. The second kappa shape index (κ2) is 5.76. The molecule has 0 aliphatic heterocycles. The molecule has 0 amide bonds. The molecule has 0 fully saturated rings. The summed E-state index contributed by atoms with van der Waals surface area (Å²) in [6.07, 6.45) is 1.10. The maximum atomic E-state index is 5.65. The zero-order valence-corrected chi connectivity index (χ0v) is 10.0. The van der Waals surface area contributed by atoms with E-state index in [2.05, 4.69) is 37.8 Å². The first-order valence-corrected chi connectivity index (χ1v) is 5.72. The molecule has 1 rings (SSSR count). The van der Waals surface area contributed by atoms with Crippen LogP contribution in [0.1, 0.15) is 26.3 Å². The van der Waals surface area contributed by atoms with Gasteiger partial charge in [-0.05, 0) is 44.5 Å². The molecule has 0 atom stereocenters. The smallest absolute Gasteiger partial charge is 0.0314 e. The third kappa shape index (κ3) is 3.92. The number of nitrogens with two attached hydrogens (primary N) is 1. The first-order valence-electron chi connectivity index (χ1n) is 5.72. The monoisotopic (exact) mass is 206 g/mol. The number of likely N-dealkylation sites (N-methyl/N-ethyl adjacent to an activating group) is 1. The lowest BCUT2D eigenvalue weighted by Crippen LogP contribution is -2.32. The Bertz CT molecular complexity index is 277. The Balaban J connectivity index is 2.45. The van der Waals surface area contributed by atoms with Gasteiger partial charge in [0.2, 0.25) is 0 Å². The van der Waals surface area contributed by atoms with E-state index in [1.54, 1.807) is 0 Å². The first-order chi connectivity index (χ1) is 7.13. The van der Waals surface area contributed by atoms with Crippen LogP contribution in [0.25, 0.3) is 0 Å². The van der Waals surface area contributed by atoms with E-state index in [0.29, 0.717) is 6.04 Å². The SMILES string of the molecule is CCN(CCc1ccc(N)cc1)C(C)C. The van der Waals surface area contributed by atoms with Crippen molar-refractivity contribution in [3.05, 3.63) is 29.8 Å². The highest BCUT2D eigenvalue weighted by atomic mass is 15.1. The zero-order chi connectivity index (χ0) is 11.3. The number of rotatable bonds is 5. The van der Waals surface area contributed by atoms with Crippen molar-refractivity contribution in [1.29, 1.82) is 0 Å². The highest BCUT2D eigenvalue weighted by Crippen LogP contribution is 2.07. The molecule has 15 heavy (non-hydrogen) atoms. The number of anilines is 1. The molecular weight excluding hydrogens is 184 g/mol. The Morgan fingerprint density at radius 1 is 1.20 bits per heavy atom. The summed E-state index contributed by atoms with van der Waals surface area (Å²) in [5.74, 6) is 0. The summed E-state index contributed by atoms with van der Waals surface area (Å²) in [5, 5.41) is 0. The molecule has 0 aliphatic rings. The number of hydrogen-bond acceptors (Lipinski definition) is 2. The van der Waals surface area contributed by atoms with E-state index in [1.165, 1.54) is 5.56 Å². The molecule has 0 spiro atoms. The van der Waals surface area contributed by atoms with Crippen molar-refractivity contribution in [1.82, 2.24) is 4.90 Å². The van der Waals surface area contributed by atoms with Gasteiger partial charge in [-0.1, -0.05) is 19.1 Å². The van der Waals surface area contributed by atoms with Crippen LogP contribution < -0.4 is 5.73 Å². The highest BCUT2D eigenvalue weighted by molar-refractivity contribution is 5.39. The topological polar surface area (TPSA) is 29.3 Å². The van der Waals surface area contributed by atoms with Crippen molar-refractivity contribution < 1.29 is 0 Å². The van der Waals surface area contributed by atoms with Gasteiger partial charge in [0, 0.05) is 18.3 Å². The van der Waals surface area contributed by atoms with Gasteiger partial charge in [-0.2, -0.15) is 0 Å². The Morgan fingerprint density at radius 3 is 2.27 bits per heavy atom. The van der Waals surface area contributed by atoms with Crippen LogP contribution in [0.4, 0.5) is 5.69 Å². The molecular formula is C13H22N2. The molecule has 0 bridgehead atoms. The molecule has 1 aromatic carbocycles. The van der Waals surface area contributed by atoms with Crippen LogP contribution in [0, 0.1) is 0 Å². The largest absolute Gasteiger partial charge is 0.399 e. The summed E-state index contributed by atoms with van der Waals surface area (Å²) < 4.78 is 0. The Labute approximate surface area is 93.1 Å². The number of nitrogens with zero attached hydrogens (tertiary/aromatic N) is 1. The van der Waals surface area contributed by atoms with Crippen LogP contribution in [0.15, 0.2) is 24.3 Å². The van der Waals surface area contributed by atoms with E-state index in [-0.39, 0.29) is 0 Å². The van der Waals surface area contributed by atoms with Gasteiger partial charge < -0.3 is 10.6 Å². The first kappa shape index (κ1) is 12.1. The van der Waals surface area contributed by atoms with Crippen LogP contribution in [-0.4, -0.2) is 24.0 Å². The molecule has 0 radical (unpaired) electrons. The van der Waals surface area contributed by atoms with Crippen molar-refractivity contribution >= 4 is 5.69 Å². The maximum absolute atomic E-state index is 5.65. The van der Waals surface area contributed by atoms with Crippen LogP contribution in [-0.2, 0) is 6.42 Å². The van der Waals surface area contributed by atoms with Gasteiger partial charge in [0.1, 0.15) is 0 Å². The Kier molecular flexibility index (Phi) is 4.63. The third-order valence-electron chi connectivity index (χ3n) is 2.80. The summed E-state index contributed by atoms with van der Waals surface area (Å²) >= 11 is 0. The normalized spacial score (nSPS) is 11.3. The minimum Gasteiger partial charge on any atom is -0.399 e. The van der Waals surface area contributed by atoms with E-state index < -0.39 is 0 Å². The van der Waals surface area contributed by atoms with Gasteiger partial charge in [0.15, 0.2) is 0 Å². The minimum absolute atomic E-state index is 0.629. The quantitative estimate of drug-likeness (QED) is 0.750. The Hall–Kier alpha value is -1.02. The van der Waals surface area contributed by atoms with Gasteiger partial charge in [0.25, 0.3) is 0 Å². The predicted molar refractivity (Wildman–Crippen MR) is 66.9 cm³/mol. The summed E-state index contributed by atoms with van der Waals surface area (Å²) in [6.45, 7) is 8.94. The highest BCUT2D eigenvalue weighted by Gasteiger charge is 2.06. The van der Waals surface area contributed by atoms with Crippen LogP contribution in [0.5, 0.6) is 0 Å². The molecule has 2 N–H and O–H groups in total. The molecule has 84 valence electrons. The van der Waals surface area contributed by atoms with Crippen LogP contribution in [0.2, 0.25) is 0 Å². The zero-order valence-electron chi connectivity index (χ0n) is 10.0. The van der Waals surface area contributed by atoms with Crippen molar-refractivity contribution in [2.24, 2.45) is 0 Å². The minimum atomic E-state index is 0.629. The fraction of sp³-hybridized carbons (Fsp3) is 0.538. The van der Waals surface area contributed by atoms with Crippen molar-refractivity contribution in [3.63, 3.8) is 0 Å². The molecule has 0 unspecified atom stereocenters. The second-order valence-electron chi connectivity index (χ2n) is 4.21. The molecule has 2 nitrogen and oxygen atoms in total. The molecule has 0 saturated carbocycles. The van der Waals surface area contributed by atoms with E-state index in [9.17, 15) is 0 Å². The number of nitrogen functional groups attached to an aromatic ring is 1. The van der Waals surface area contributed by atoms with Crippen molar-refractivity contribution in [2.75, 3.05) is 18.8 Å². The van der Waals surface area contributed by atoms with E-state index in [4.69, 9.17) is 5.73 Å². The fourth-order valence-corrected chi connectivity index (χ4v) is 1.74. The lowest BCUT2D eigenvalue weighted by Gasteiger charge is -2.24. The lowest BCUT2D eigenvalue weighted by atomic mass is 10.1. The van der Waals surface area contributed by atoms with Gasteiger partial charge in [-0.15, -0.1) is 0 Å². The van der Waals surface area contributed by atoms with Crippen LogP contribution in [0.3, 0.4) is 0 Å². The van der Waals surface area contributed by atoms with Crippen molar-refractivity contribution in [3.8, 4) is 0 Å². The van der Waals surface area contributed by atoms with E-state index in [1.807, 2.05) is 12.1 Å². The standard InChI is InChI=1S/C13H22N2/c1-4-15(11(2)3)10-9-12-5-7-13(14)8-6-12/h5-8,11H,4,9-10,14H2,1-3H3. The van der Waals surface area contributed by atoms with Gasteiger partial charge in [-0.3, -0.25) is 0 Å². The predicted octanol–water partition coefficient (Wildman–Crippen LogP) is 2.54. The molecule has 0 aromatic heterocycles. The molecule has 0 aliphatic carbocycles. The molecule has 2 heteroatoms. The summed E-state index contributed by atoms with van der Waals surface area (Å²) in [4.78, 5) is 2.47. The maximum Gasteiger partial charge on any atom is 0.0314 e. The average Bonchev–Trinajstić information content (AvgIpc) is 2.21. The van der Waals surface area contributed by atoms with Gasteiger partial charge in [0.05, 0.1) is 0 Å². The lowest BCUT2D eigenvalue weighted by molar-refractivity contribution is 0.236. The second-order valence-corrected chi connectivity index (χ2v) is 4.21. The van der Waals surface area contributed by atoms with E-state index >= 15 is 0 Å². The summed E-state index contributed by atoms with van der Waals surface area (Å²) in [7, 11) is 0. The number of benzene rings is 1.